The molecule has 2 N–H and O–H groups in total. The third-order valence-electron chi connectivity index (χ3n) is 3.63. The van der Waals surface area contributed by atoms with Crippen LogP contribution in [0.4, 0.5) is 10.5 Å². The van der Waals surface area contributed by atoms with Gasteiger partial charge in [0, 0.05) is 12.7 Å². The van der Waals surface area contributed by atoms with Gasteiger partial charge >= 0.3 is 6.03 Å². The Bertz CT molecular complexity index is 640. The molecule has 6 nitrogen and oxygen atoms in total. The molecule has 1 aromatic heterocycles. The maximum atomic E-state index is 12.4. The predicted octanol–water partition coefficient (Wildman–Crippen LogP) is 3.01. The zero-order valence-electron chi connectivity index (χ0n) is 13.4. The summed E-state index contributed by atoms with van der Waals surface area (Å²) >= 11 is 0. The van der Waals surface area contributed by atoms with Crippen LogP contribution in [0.5, 0.6) is 0 Å². The maximum Gasteiger partial charge on any atom is 0.319 e. The van der Waals surface area contributed by atoms with Crippen LogP contribution in [0.3, 0.4) is 0 Å². The van der Waals surface area contributed by atoms with Gasteiger partial charge in [-0.15, -0.1) is 0 Å². The van der Waals surface area contributed by atoms with E-state index in [-0.39, 0.29) is 11.9 Å². The van der Waals surface area contributed by atoms with E-state index in [2.05, 4.69) is 10.6 Å². The number of carbonyl (C=O) groups is 2. The lowest BCUT2D eigenvalue weighted by Crippen LogP contribution is -2.47. The lowest BCUT2D eigenvalue weighted by atomic mass is 10.2. The van der Waals surface area contributed by atoms with Crippen LogP contribution in [0.1, 0.15) is 25.6 Å². The molecule has 0 saturated carbocycles. The number of nitrogens with zero attached hydrogens (tertiary/aromatic N) is 1. The highest BCUT2D eigenvalue weighted by Crippen LogP contribution is 2.19. The molecule has 2 atom stereocenters. The van der Waals surface area contributed by atoms with Gasteiger partial charge in [0.25, 0.3) is 0 Å². The Labute approximate surface area is 135 Å². The number of para-hydroxylation sites is 1. The fourth-order valence-corrected chi connectivity index (χ4v) is 2.16. The molecule has 0 fully saturated rings. The van der Waals surface area contributed by atoms with Crippen molar-refractivity contribution in [1.29, 1.82) is 0 Å². The fraction of sp³-hybridized carbons (Fsp3) is 0.294. The summed E-state index contributed by atoms with van der Waals surface area (Å²) in [5, 5.41) is 5.32. The van der Waals surface area contributed by atoms with E-state index < -0.39 is 12.1 Å². The summed E-state index contributed by atoms with van der Waals surface area (Å²) in [5.74, 6) is 0.499. The number of amides is 3. The minimum atomic E-state index is -0.652. The molecule has 0 aliphatic heterocycles. The first kappa shape index (κ1) is 16.6. The number of nitrogens with one attached hydrogen (secondary N) is 2. The summed E-state index contributed by atoms with van der Waals surface area (Å²) in [7, 11) is 1.68. The zero-order chi connectivity index (χ0) is 16.8. The highest BCUT2D eigenvalue weighted by atomic mass is 16.3. The molecule has 0 aliphatic carbocycles. The number of rotatable bonds is 5. The van der Waals surface area contributed by atoms with Gasteiger partial charge in [-0.1, -0.05) is 18.2 Å². The van der Waals surface area contributed by atoms with E-state index in [4.69, 9.17) is 4.42 Å². The lowest BCUT2D eigenvalue weighted by Gasteiger charge is -2.26. The molecule has 1 aromatic carbocycles. The molecule has 0 spiro atoms. The van der Waals surface area contributed by atoms with Gasteiger partial charge < -0.3 is 20.0 Å². The number of likely N-dealkylation sites (N-methyl/N-ethyl adjacent to an activating group) is 1. The maximum absolute atomic E-state index is 12.4. The number of furan rings is 1. The minimum absolute atomic E-state index is 0.197. The van der Waals surface area contributed by atoms with Crippen molar-refractivity contribution in [1.82, 2.24) is 10.2 Å². The monoisotopic (exact) mass is 315 g/mol. The SMILES string of the molecule is C[C@H](c1ccco1)N(C)C(=O)[C@@H](C)NC(=O)Nc1ccccc1. The van der Waals surface area contributed by atoms with Crippen LogP contribution >= 0.6 is 0 Å². The third-order valence-corrected chi connectivity index (χ3v) is 3.63. The highest BCUT2D eigenvalue weighted by molar-refractivity contribution is 5.93. The second-order valence-electron chi connectivity index (χ2n) is 5.33. The summed E-state index contributed by atoms with van der Waals surface area (Å²) in [6, 6.07) is 11.4. The highest BCUT2D eigenvalue weighted by Gasteiger charge is 2.25. The van der Waals surface area contributed by atoms with E-state index >= 15 is 0 Å². The summed E-state index contributed by atoms with van der Waals surface area (Å²) in [6.07, 6.45) is 1.57. The molecular weight excluding hydrogens is 294 g/mol. The second-order valence-corrected chi connectivity index (χ2v) is 5.33. The van der Waals surface area contributed by atoms with Crippen molar-refractivity contribution in [2.24, 2.45) is 0 Å². The molecule has 3 amide bonds. The first-order valence-electron chi connectivity index (χ1n) is 7.41. The summed E-state index contributed by atoms with van der Waals surface area (Å²) < 4.78 is 5.31. The fourth-order valence-electron chi connectivity index (χ4n) is 2.16. The Morgan fingerprint density at radius 3 is 2.39 bits per heavy atom. The smallest absolute Gasteiger partial charge is 0.319 e. The van der Waals surface area contributed by atoms with Crippen molar-refractivity contribution in [3.8, 4) is 0 Å². The number of hydrogen-bond acceptors (Lipinski definition) is 3. The van der Waals surface area contributed by atoms with Gasteiger partial charge in [-0.3, -0.25) is 4.79 Å². The van der Waals surface area contributed by atoms with Gasteiger partial charge in [0.05, 0.1) is 12.3 Å². The summed E-state index contributed by atoms with van der Waals surface area (Å²) in [6.45, 7) is 3.52. The molecule has 23 heavy (non-hydrogen) atoms. The summed E-state index contributed by atoms with van der Waals surface area (Å²) in [4.78, 5) is 25.9. The Morgan fingerprint density at radius 2 is 1.78 bits per heavy atom. The zero-order valence-corrected chi connectivity index (χ0v) is 13.4. The van der Waals surface area contributed by atoms with E-state index in [9.17, 15) is 9.59 Å². The molecule has 122 valence electrons. The predicted molar refractivity (Wildman–Crippen MR) is 88.0 cm³/mol. The second kappa shape index (κ2) is 7.49. The largest absolute Gasteiger partial charge is 0.467 e. The van der Waals surface area contributed by atoms with E-state index in [1.807, 2.05) is 31.2 Å². The Morgan fingerprint density at radius 1 is 1.09 bits per heavy atom. The molecule has 0 unspecified atom stereocenters. The molecule has 0 radical (unpaired) electrons. The van der Waals surface area contributed by atoms with Gasteiger partial charge in [0.2, 0.25) is 5.91 Å². The number of carbonyl (C=O) groups excluding carboxylic acids is 2. The van der Waals surface area contributed by atoms with Crippen LogP contribution < -0.4 is 10.6 Å². The van der Waals surface area contributed by atoms with Crippen molar-refractivity contribution in [3.05, 3.63) is 54.5 Å². The van der Waals surface area contributed by atoms with Crippen LogP contribution in [0.2, 0.25) is 0 Å². The first-order valence-corrected chi connectivity index (χ1v) is 7.41. The van der Waals surface area contributed by atoms with Crippen LogP contribution in [0, 0.1) is 0 Å². The molecular formula is C17H21N3O3. The summed E-state index contributed by atoms with van der Waals surface area (Å²) in [5.41, 5.74) is 0.668. The molecule has 2 aromatic rings. The average Bonchev–Trinajstić information content (AvgIpc) is 3.07. The van der Waals surface area contributed by atoms with Gasteiger partial charge in [-0.2, -0.15) is 0 Å². The van der Waals surface area contributed by atoms with Crippen molar-refractivity contribution >= 4 is 17.6 Å². The van der Waals surface area contributed by atoms with Crippen molar-refractivity contribution < 1.29 is 14.0 Å². The Balaban J connectivity index is 1.90. The van der Waals surface area contributed by atoms with Crippen molar-refractivity contribution in [3.63, 3.8) is 0 Å². The van der Waals surface area contributed by atoms with E-state index in [1.165, 1.54) is 0 Å². The van der Waals surface area contributed by atoms with Crippen LogP contribution in [0.15, 0.2) is 53.1 Å². The molecule has 1 heterocycles. The lowest BCUT2D eigenvalue weighted by molar-refractivity contribution is -0.133. The molecule has 6 heteroatoms. The van der Waals surface area contributed by atoms with Crippen LogP contribution in [-0.2, 0) is 4.79 Å². The standard InChI is InChI=1S/C17H21N3O3/c1-12(18-17(22)19-14-8-5-4-6-9-14)16(21)20(3)13(2)15-10-7-11-23-15/h4-13H,1-3H3,(H2,18,19,22)/t12-,13-/m1/s1. The van der Waals surface area contributed by atoms with Crippen LogP contribution in [-0.4, -0.2) is 29.9 Å². The normalized spacial score (nSPS) is 13.0. The Hall–Kier alpha value is -2.76. The van der Waals surface area contributed by atoms with Crippen molar-refractivity contribution in [2.45, 2.75) is 25.9 Å². The topological polar surface area (TPSA) is 74.6 Å². The number of hydrogen-bond donors (Lipinski definition) is 2. The minimum Gasteiger partial charge on any atom is -0.467 e. The van der Waals surface area contributed by atoms with Gasteiger partial charge in [-0.25, -0.2) is 4.79 Å². The quantitative estimate of drug-likeness (QED) is 0.890. The van der Waals surface area contributed by atoms with E-state index in [0.717, 1.165) is 0 Å². The van der Waals surface area contributed by atoms with Gasteiger partial charge in [0.1, 0.15) is 11.8 Å². The third kappa shape index (κ3) is 4.35. The van der Waals surface area contributed by atoms with Gasteiger partial charge in [0.15, 0.2) is 0 Å². The van der Waals surface area contributed by atoms with E-state index in [0.29, 0.717) is 11.4 Å². The molecule has 0 aliphatic rings. The van der Waals surface area contributed by atoms with E-state index in [1.54, 1.807) is 43.3 Å². The Kier molecular flexibility index (Phi) is 5.41. The average molecular weight is 315 g/mol. The molecule has 0 bridgehead atoms. The van der Waals surface area contributed by atoms with Gasteiger partial charge in [-0.05, 0) is 38.1 Å². The number of benzene rings is 1. The number of urea groups is 1. The van der Waals surface area contributed by atoms with Crippen LogP contribution in [0.25, 0.3) is 0 Å². The number of anilines is 1. The first-order chi connectivity index (χ1) is 11.0. The molecule has 0 saturated heterocycles. The molecule has 2 rings (SSSR count). The van der Waals surface area contributed by atoms with Crippen molar-refractivity contribution in [2.75, 3.05) is 12.4 Å².